The van der Waals surface area contributed by atoms with Crippen LogP contribution in [0, 0.1) is 6.92 Å². The summed E-state index contributed by atoms with van der Waals surface area (Å²) in [5.41, 5.74) is 1.13. The number of hydrogen-bond donors (Lipinski definition) is 0. The number of fused-ring (bicyclic) bond motifs is 2. The van der Waals surface area contributed by atoms with Crippen LogP contribution in [0.2, 0.25) is 0 Å². The normalized spacial score (nSPS) is 15.6. The van der Waals surface area contributed by atoms with Crippen LogP contribution in [-0.4, -0.2) is 23.2 Å². The van der Waals surface area contributed by atoms with Crippen molar-refractivity contribution in [1.82, 2.24) is 10.2 Å². The van der Waals surface area contributed by atoms with Crippen molar-refractivity contribution in [2.24, 2.45) is 0 Å². The van der Waals surface area contributed by atoms with E-state index in [2.05, 4.69) is 26.1 Å². The minimum Gasteiger partial charge on any atom is -0.497 e. The minimum atomic E-state index is -0.657. The highest BCUT2D eigenvalue weighted by Gasteiger charge is 2.45. The molecule has 4 aromatic rings. The van der Waals surface area contributed by atoms with E-state index >= 15 is 0 Å². The second-order valence-corrected chi connectivity index (χ2v) is 8.84. The largest absolute Gasteiger partial charge is 0.497 e. The summed E-state index contributed by atoms with van der Waals surface area (Å²) in [4.78, 5) is 28.4. The molecule has 0 bridgehead atoms. The van der Waals surface area contributed by atoms with Crippen LogP contribution < -0.4 is 15.1 Å². The first-order valence-electron chi connectivity index (χ1n) is 9.02. The van der Waals surface area contributed by atoms with Crippen LogP contribution >= 0.6 is 27.3 Å². The van der Waals surface area contributed by atoms with Gasteiger partial charge in [-0.25, -0.2) is 0 Å². The molecule has 0 N–H and O–H groups in total. The van der Waals surface area contributed by atoms with Gasteiger partial charge < -0.3 is 9.15 Å². The summed E-state index contributed by atoms with van der Waals surface area (Å²) in [6.45, 7) is 1.81. The number of amides is 1. The first-order chi connectivity index (χ1) is 14.5. The van der Waals surface area contributed by atoms with E-state index in [0.29, 0.717) is 27.4 Å². The molecule has 150 valence electrons. The average Bonchev–Trinajstić information content (AvgIpc) is 3.29. The van der Waals surface area contributed by atoms with Crippen LogP contribution in [-0.2, 0) is 0 Å². The number of carbonyl (C=O) groups is 1. The Bertz CT molecular complexity index is 1360. The summed E-state index contributed by atoms with van der Waals surface area (Å²) in [5.74, 6) is 0.134. The van der Waals surface area contributed by atoms with E-state index in [0.717, 1.165) is 15.0 Å². The molecule has 5 rings (SSSR count). The fourth-order valence-electron chi connectivity index (χ4n) is 3.62. The lowest BCUT2D eigenvalue weighted by atomic mass is 9.99. The number of hydrogen-bond acceptors (Lipinski definition) is 7. The van der Waals surface area contributed by atoms with Crippen molar-refractivity contribution in [3.8, 4) is 5.75 Å². The van der Waals surface area contributed by atoms with Gasteiger partial charge in [0.15, 0.2) is 5.43 Å². The third-order valence-corrected chi connectivity index (χ3v) is 6.35. The van der Waals surface area contributed by atoms with Crippen molar-refractivity contribution < 1.29 is 13.9 Å². The number of ether oxygens (including phenoxy) is 1. The SMILES string of the molecule is COc1ccc2c(=O)c3c(oc2c1)C(=O)N(c1nnc(C)s1)C3c1ccc(Br)cc1. The molecule has 0 aliphatic carbocycles. The fraction of sp³-hybridized carbons (Fsp3) is 0.143. The summed E-state index contributed by atoms with van der Waals surface area (Å²) in [6.07, 6.45) is 0. The van der Waals surface area contributed by atoms with E-state index in [1.54, 1.807) is 18.2 Å². The van der Waals surface area contributed by atoms with E-state index in [4.69, 9.17) is 9.15 Å². The number of aromatic nitrogens is 2. The second kappa shape index (κ2) is 7.03. The van der Waals surface area contributed by atoms with Crippen molar-refractivity contribution in [3.63, 3.8) is 0 Å². The molecule has 2 aromatic heterocycles. The Morgan fingerprint density at radius 3 is 2.57 bits per heavy atom. The lowest BCUT2D eigenvalue weighted by Crippen LogP contribution is -2.29. The summed E-state index contributed by atoms with van der Waals surface area (Å²) in [6, 6.07) is 11.8. The van der Waals surface area contributed by atoms with Crippen molar-refractivity contribution >= 4 is 49.3 Å². The molecule has 3 heterocycles. The maximum atomic E-state index is 13.5. The number of aryl methyl sites for hydroxylation is 1. The zero-order valence-electron chi connectivity index (χ0n) is 15.9. The molecular weight excluding hydrogens is 470 g/mol. The van der Waals surface area contributed by atoms with E-state index in [1.165, 1.54) is 23.3 Å². The van der Waals surface area contributed by atoms with Crippen LogP contribution in [0.25, 0.3) is 11.0 Å². The van der Waals surface area contributed by atoms with Crippen molar-refractivity contribution in [3.05, 3.63) is 79.1 Å². The van der Waals surface area contributed by atoms with Crippen LogP contribution in [0.4, 0.5) is 5.13 Å². The molecular formula is C21H14BrN3O4S. The molecule has 0 radical (unpaired) electrons. The summed E-state index contributed by atoms with van der Waals surface area (Å²) in [5, 5.41) is 9.72. The molecule has 1 amide bonds. The summed E-state index contributed by atoms with van der Waals surface area (Å²) in [7, 11) is 1.53. The fourth-order valence-corrected chi connectivity index (χ4v) is 4.60. The van der Waals surface area contributed by atoms with Gasteiger partial charge in [-0.2, -0.15) is 0 Å². The zero-order chi connectivity index (χ0) is 21.0. The van der Waals surface area contributed by atoms with E-state index in [9.17, 15) is 9.59 Å². The van der Waals surface area contributed by atoms with Gasteiger partial charge in [0, 0.05) is 10.5 Å². The van der Waals surface area contributed by atoms with Gasteiger partial charge >= 0.3 is 0 Å². The molecule has 30 heavy (non-hydrogen) atoms. The quantitative estimate of drug-likeness (QED) is 0.427. The topological polar surface area (TPSA) is 85.5 Å². The summed E-state index contributed by atoms with van der Waals surface area (Å²) < 4.78 is 12.1. The van der Waals surface area contributed by atoms with Crippen molar-refractivity contribution in [1.29, 1.82) is 0 Å². The molecule has 1 aliphatic rings. The number of carbonyl (C=O) groups excluding carboxylic acids is 1. The first kappa shape index (κ1) is 19.0. The third-order valence-electron chi connectivity index (χ3n) is 4.99. The van der Waals surface area contributed by atoms with Gasteiger partial charge in [0.25, 0.3) is 5.91 Å². The highest BCUT2D eigenvalue weighted by molar-refractivity contribution is 9.10. The highest BCUT2D eigenvalue weighted by Crippen LogP contribution is 2.42. The maximum Gasteiger partial charge on any atom is 0.297 e. The minimum absolute atomic E-state index is 0.0153. The Morgan fingerprint density at radius 2 is 1.90 bits per heavy atom. The monoisotopic (exact) mass is 483 g/mol. The van der Waals surface area contributed by atoms with Gasteiger partial charge in [-0.05, 0) is 36.8 Å². The molecule has 0 fully saturated rings. The standard InChI is InChI=1S/C21H14BrN3O4S/c1-10-23-24-21(30-10)25-17(11-3-5-12(22)6-4-11)16-18(26)14-8-7-13(28-2)9-15(14)29-19(16)20(25)27/h3-9,17H,1-2H3. The molecule has 2 aromatic carbocycles. The lowest BCUT2D eigenvalue weighted by Gasteiger charge is -2.22. The predicted molar refractivity (Wildman–Crippen MR) is 116 cm³/mol. The number of methoxy groups -OCH3 is 1. The van der Waals surface area contributed by atoms with Gasteiger partial charge in [-0.15, -0.1) is 10.2 Å². The van der Waals surface area contributed by atoms with E-state index in [-0.39, 0.29) is 11.2 Å². The smallest absolute Gasteiger partial charge is 0.297 e. The second-order valence-electron chi connectivity index (χ2n) is 6.77. The average molecular weight is 484 g/mol. The van der Waals surface area contributed by atoms with Crippen LogP contribution in [0.1, 0.15) is 32.7 Å². The molecule has 9 heteroatoms. The molecule has 1 aliphatic heterocycles. The number of nitrogens with zero attached hydrogens (tertiary/aromatic N) is 3. The molecule has 0 saturated heterocycles. The number of halogens is 1. The molecule has 0 spiro atoms. The number of rotatable bonds is 3. The Kier molecular flexibility index (Phi) is 4.44. The number of benzene rings is 2. The molecule has 1 unspecified atom stereocenters. The predicted octanol–water partition coefficient (Wildman–Crippen LogP) is 4.47. The Morgan fingerprint density at radius 1 is 1.13 bits per heavy atom. The van der Waals surface area contributed by atoms with Gasteiger partial charge in [0.1, 0.15) is 16.3 Å². The molecule has 1 atom stereocenters. The van der Waals surface area contributed by atoms with Gasteiger partial charge in [-0.3, -0.25) is 14.5 Å². The molecule has 7 nitrogen and oxygen atoms in total. The van der Waals surface area contributed by atoms with Gasteiger partial charge in [-0.1, -0.05) is 39.4 Å². The van der Waals surface area contributed by atoms with Gasteiger partial charge in [0.05, 0.1) is 24.1 Å². The van der Waals surface area contributed by atoms with Crippen LogP contribution in [0.3, 0.4) is 0 Å². The van der Waals surface area contributed by atoms with E-state index in [1.807, 2.05) is 31.2 Å². The third kappa shape index (κ3) is 2.85. The van der Waals surface area contributed by atoms with Crippen LogP contribution in [0.15, 0.2) is 56.1 Å². The van der Waals surface area contributed by atoms with Crippen LogP contribution in [0.5, 0.6) is 5.75 Å². The van der Waals surface area contributed by atoms with Crippen molar-refractivity contribution in [2.45, 2.75) is 13.0 Å². The highest BCUT2D eigenvalue weighted by atomic mass is 79.9. The van der Waals surface area contributed by atoms with Gasteiger partial charge in [0.2, 0.25) is 10.9 Å². The Balaban J connectivity index is 1.80. The number of anilines is 1. The lowest BCUT2D eigenvalue weighted by molar-refractivity contribution is 0.0970. The van der Waals surface area contributed by atoms with Crippen molar-refractivity contribution in [2.75, 3.05) is 12.0 Å². The Labute approximate surface area is 183 Å². The molecule has 0 saturated carbocycles. The Hall–Kier alpha value is -3.04. The maximum absolute atomic E-state index is 13.5. The van der Waals surface area contributed by atoms with E-state index < -0.39 is 11.9 Å². The zero-order valence-corrected chi connectivity index (χ0v) is 18.3. The summed E-state index contributed by atoms with van der Waals surface area (Å²) >= 11 is 4.72. The first-order valence-corrected chi connectivity index (χ1v) is 10.6.